The fraction of sp³-hybridized carbons (Fsp3) is 0.417. The first-order valence-corrected chi connectivity index (χ1v) is 7.05. The predicted octanol–water partition coefficient (Wildman–Crippen LogP) is 3.34. The Bertz CT molecular complexity index is 452. The van der Waals surface area contributed by atoms with E-state index in [9.17, 15) is 4.21 Å². The summed E-state index contributed by atoms with van der Waals surface area (Å²) in [5.74, 6) is 0.703. The van der Waals surface area contributed by atoms with E-state index in [0.717, 1.165) is 10.0 Å². The fourth-order valence-corrected chi connectivity index (χ4v) is 2.05. The van der Waals surface area contributed by atoms with Gasteiger partial charge in [0.05, 0.1) is 11.9 Å². The molecule has 0 spiro atoms. The summed E-state index contributed by atoms with van der Waals surface area (Å²) < 4.78 is 21.6. The highest BCUT2D eigenvalue weighted by Crippen LogP contribution is 2.25. The molecule has 0 aromatic heterocycles. The minimum absolute atomic E-state index is 0.356. The molecule has 94 valence electrons. The van der Waals surface area contributed by atoms with Crippen LogP contribution in [-0.2, 0) is 11.0 Å². The number of nitrogens with zero attached hydrogens (tertiary/aromatic N) is 1. The monoisotopic (exact) mass is 317 g/mol. The van der Waals surface area contributed by atoms with Crippen molar-refractivity contribution in [1.82, 2.24) is 0 Å². The Morgan fingerprint density at radius 3 is 2.59 bits per heavy atom. The molecule has 0 aliphatic rings. The van der Waals surface area contributed by atoms with Gasteiger partial charge in [0.1, 0.15) is 16.7 Å². The summed E-state index contributed by atoms with van der Waals surface area (Å²) in [6, 6.07) is 5.61. The van der Waals surface area contributed by atoms with E-state index in [1.54, 1.807) is 13.3 Å². The highest BCUT2D eigenvalue weighted by Gasteiger charge is 2.18. The average Bonchev–Trinajstić information content (AvgIpc) is 2.25. The number of hydrogen-bond donors (Lipinski definition) is 0. The molecule has 0 heterocycles. The summed E-state index contributed by atoms with van der Waals surface area (Å²) in [6.45, 7) is 5.66. The molecule has 1 rings (SSSR count). The van der Waals surface area contributed by atoms with E-state index < -0.39 is 11.0 Å². The highest BCUT2D eigenvalue weighted by molar-refractivity contribution is 9.10. The summed E-state index contributed by atoms with van der Waals surface area (Å²) >= 11 is 3.42. The van der Waals surface area contributed by atoms with E-state index in [-0.39, 0.29) is 4.75 Å². The lowest BCUT2D eigenvalue weighted by molar-refractivity contribution is 0.414. The fourth-order valence-electron chi connectivity index (χ4n) is 1.08. The van der Waals surface area contributed by atoms with Crippen molar-refractivity contribution in [2.45, 2.75) is 25.5 Å². The van der Waals surface area contributed by atoms with Crippen molar-refractivity contribution in [1.29, 1.82) is 0 Å². The Hall–Kier alpha value is -0.680. The first-order valence-electron chi connectivity index (χ1n) is 5.15. The molecule has 0 unspecified atom stereocenters. The van der Waals surface area contributed by atoms with Gasteiger partial charge in [-0.15, -0.1) is 0 Å². The van der Waals surface area contributed by atoms with Crippen molar-refractivity contribution < 1.29 is 8.95 Å². The Morgan fingerprint density at radius 1 is 1.41 bits per heavy atom. The zero-order valence-electron chi connectivity index (χ0n) is 10.4. The van der Waals surface area contributed by atoms with E-state index >= 15 is 0 Å². The van der Waals surface area contributed by atoms with Crippen LogP contribution in [0.1, 0.15) is 26.3 Å². The van der Waals surface area contributed by atoms with E-state index in [1.807, 2.05) is 39.0 Å². The molecular formula is C12H16BrNO2S. The molecule has 3 nitrogen and oxygen atoms in total. The smallest absolute Gasteiger partial charge is 0.144 e. The third-order valence-electron chi connectivity index (χ3n) is 2.03. The maximum absolute atomic E-state index is 11.8. The number of hydrogen-bond acceptors (Lipinski definition) is 2. The van der Waals surface area contributed by atoms with Crippen LogP contribution in [-0.4, -0.2) is 22.3 Å². The standard InChI is InChI=1S/C12H16BrNO2S/c1-12(2,3)17(15)14-8-9-10(13)6-5-7-11(9)16-4/h5-8H,1-4H3/t17-/m0/s1. The molecule has 0 N–H and O–H groups in total. The van der Waals surface area contributed by atoms with Crippen LogP contribution >= 0.6 is 15.9 Å². The Labute approximate surface area is 113 Å². The molecule has 0 saturated heterocycles. The van der Waals surface area contributed by atoms with Crippen LogP contribution in [0.5, 0.6) is 5.75 Å². The molecule has 0 saturated carbocycles. The van der Waals surface area contributed by atoms with Gasteiger partial charge in [-0.05, 0) is 48.8 Å². The molecule has 0 radical (unpaired) electrons. The molecule has 0 amide bonds. The quantitative estimate of drug-likeness (QED) is 0.802. The van der Waals surface area contributed by atoms with E-state index in [4.69, 9.17) is 4.74 Å². The van der Waals surface area contributed by atoms with E-state index in [2.05, 4.69) is 20.3 Å². The lowest BCUT2D eigenvalue weighted by Crippen LogP contribution is -2.19. The van der Waals surface area contributed by atoms with Crippen LogP contribution < -0.4 is 4.74 Å². The second-order valence-corrected chi connectivity index (χ2v) is 7.24. The average molecular weight is 318 g/mol. The number of halogens is 1. The highest BCUT2D eigenvalue weighted by atomic mass is 79.9. The van der Waals surface area contributed by atoms with Gasteiger partial charge in [0, 0.05) is 16.3 Å². The van der Waals surface area contributed by atoms with Gasteiger partial charge in [0.2, 0.25) is 0 Å². The first kappa shape index (κ1) is 14.4. The minimum atomic E-state index is -1.26. The number of methoxy groups -OCH3 is 1. The third-order valence-corrected chi connectivity index (χ3v) is 4.07. The third kappa shape index (κ3) is 3.92. The summed E-state index contributed by atoms with van der Waals surface area (Å²) in [5.41, 5.74) is 0.799. The predicted molar refractivity (Wildman–Crippen MR) is 76.2 cm³/mol. The Kier molecular flexibility index (Phi) is 4.89. The van der Waals surface area contributed by atoms with E-state index in [0.29, 0.717) is 5.75 Å². The molecule has 0 fully saturated rings. The normalized spacial score (nSPS) is 13.9. The number of rotatable bonds is 3. The van der Waals surface area contributed by atoms with Crippen molar-refractivity contribution in [3.05, 3.63) is 28.2 Å². The molecule has 1 aromatic rings. The van der Waals surface area contributed by atoms with Crippen molar-refractivity contribution in [2.24, 2.45) is 4.40 Å². The number of ether oxygens (including phenoxy) is 1. The van der Waals surface area contributed by atoms with Gasteiger partial charge in [-0.1, -0.05) is 6.07 Å². The van der Waals surface area contributed by atoms with Gasteiger partial charge >= 0.3 is 0 Å². The number of benzene rings is 1. The molecule has 0 bridgehead atoms. The second kappa shape index (κ2) is 5.78. The van der Waals surface area contributed by atoms with Gasteiger partial charge in [-0.25, -0.2) is 4.21 Å². The Balaban J connectivity index is 3.03. The van der Waals surface area contributed by atoms with Crippen LogP contribution in [0.25, 0.3) is 0 Å². The van der Waals surface area contributed by atoms with Gasteiger partial charge in [-0.3, -0.25) is 0 Å². The molecule has 1 atom stereocenters. The van der Waals surface area contributed by atoms with Crippen molar-refractivity contribution in [3.8, 4) is 5.75 Å². The van der Waals surface area contributed by atoms with E-state index in [1.165, 1.54) is 0 Å². The van der Waals surface area contributed by atoms with Crippen LogP contribution in [0.2, 0.25) is 0 Å². The molecule has 1 aromatic carbocycles. The molecule has 5 heteroatoms. The lowest BCUT2D eigenvalue weighted by Gasteiger charge is -2.13. The van der Waals surface area contributed by atoms with Crippen LogP contribution in [0.4, 0.5) is 0 Å². The maximum atomic E-state index is 11.8. The zero-order valence-corrected chi connectivity index (χ0v) is 12.8. The van der Waals surface area contributed by atoms with Crippen LogP contribution in [0, 0.1) is 0 Å². The topological polar surface area (TPSA) is 38.7 Å². The van der Waals surface area contributed by atoms with Gasteiger partial charge in [0.25, 0.3) is 0 Å². The summed E-state index contributed by atoms with van der Waals surface area (Å²) in [4.78, 5) is 0. The largest absolute Gasteiger partial charge is 0.496 e. The summed E-state index contributed by atoms with van der Waals surface area (Å²) in [6.07, 6.45) is 1.59. The first-order chi connectivity index (χ1) is 7.86. The van der Waals surface area contributed by atoms with Crippen LogP contribution in [0.15, 0.2) is 27.1 Å². The van der Waals surface area contributed by atoms with Crippen molar-refractivity contribution in [2.75, 3.05) is 7.11 Å². The van der Waals surface area contributed by atoms with Crippen molar-refractivity contribution in [3.63, 3.8) is 0 Å². The minimum Gasteiger partial charge on any atom is -0.496 e. The molecular weight excluding hydrogens is 302 g/mol. The van der Waals surface area contributed by atoms with Gasteiger partial charge in [0.15, 0.2) is 0 Å². The maximum Gasteiger partial charge on any atom is 0.144 e. The molecule has 17 heavy (non-hydrogen) atoms. The Morgan fingerprint density at radius 2 is 2.06 bits per heavy atom. The SMILES string of the molecule is COc1cccc(Br)c1C=N[S@@](=O)C(C)(C)C. The van der Waals surface area contributed by atoms with Gasteiger partial charge < -0.3 is 4.74 Å². The van der Waals surface area contributed by atoms with Crippen molar-refractivity contribution >= 4 is 33.1 Å². The van der Waals surface area contributed by atoms with Crippen LogP contribution in [0.3, 0.4) is 0 Å². The van der Waals surface area contributed by atoms with Gasteiger partial charge in [-0.2, -0.15) is 4.40 Å². The second-order valence-electron chi connectivity index (χ2n) is 4.45. The molecule has 0 aliphatic carbocycles. The molecule has 0 aliphatic heterocycles. The zero-order chi connectivity index (χ0) is 13.1. The summed E-state index contributed by atoms with van der Waals surface area (Å²) in [7, 11) is 0.334. The lowest BCUT2D eigenvalue weighted by atomic mass is 10.2. The summed E-state index contributed by atoms with van der Waals surface area (Å²) in [5, 5.41) is 0.